The van der Waals surface area contributed by atoms with Gasteiger partial charge in [-0.1, -0.05) is 0 Å². The van der Waals surface area contributed by atoms with Crippen LogP contribution in [0.15, 0.2) is 24.5 Å². The summed E-state index contributed by atoms with van der Waals surface area (Å²) < 4.78 is 0. The number of nitrogens with zero attached hydrogens (tertiary/aromatic N) is 5. The molecule has 0 aliphatic carbocycles. The van der Waals surface area contributed by atoms with Crippen molar-refractivity contribution in [2.45, 2.75) is 43.8 Å². The average molecular weight is 368 g/mol. The van der Waals surface area contributed by atoms with Crippen LogP contribution >= 0.6 is 0 Å². The molecule has 2 unspecified atom stereocenters. The molecule has 4 heterocycles. The van der Waals surface area contributed by atoms with Crippen molar-refractivity contribution >= 4 is 23.0 Å². The van der Waals surface area contributed by atoms with Crippen molar-refractivity contribution in [3.63, 3.8) is 0 Å². The lowest BCUT2D eigenvalue weighted by Crippen LogP contribution is -2.52. The van der Waals surface area contributed by atoms with E-state index < -0.39 is 0 Å². The average Bonchev–Trinajstić information content (AvgIpc) is 2.89. The SMILES string of the molecule is CN(C)C(=O)CN1C2CCC1CC(NC(=O)c1ccc3nccnc3n1)C2. The minimum Gasteiger partial charge on any atom is -0.348 e. The van der Waals surface area contributed by atoms with Crippen LogP contribution in [-0.4, -0.2) is 75.3 Å². The Morgan fingerprint density at radius 2 is 1.85 bits per heavy atom. The first kappa shape index (κ1) is 17.8. The number of nitrogens with one attached hydrogen (secondary N) is 1. The lowest BCUT2D eigenvalue weighted by atomic mass is 9.97. The predicted octanol–water partition coefficient (Wildman–Crippen LogP) is 0.838. The highest BCUT2D eigenvalue weighted by atomic mass is 16.2. The van der Waals surface area contributed by atoms with Gasteiger partial charge in [0.2, 0.25) is 5.91 Å². The Hall–Kier alpha value is -2.61. The zero-order valence-electron chi connectivity index (χ0n) is 15.6. The number of amides is 2. The molecule has 8 nitrogen and oxygen atoms in total. The van der Waals surface area contributed by atoms with Crippen LogP contribution in [0, 0.1) is 0 Å². The molecule has 142 valence electrons. The van der Waals surface area contributed by atoms with Gasteiger partial charge < -0.3 is 10.2 Å². The van der Waals surface area contributed by atoms with Gasteiger partial charge in [-0.25, -0.2) is 9.97 Å². The molecule has 0 radical (unpaired) electrons. The first-order valence-electron chi connectivity index (χ1n) is 9.36. The van der Waals surface area contributed by atoms with E-state index in [0.29, 0.717) is 35.5 Å². The van der Waals surface area contributed by atoms with Gasteiger partial charge in [0, 0.05) is 44.6 Å². The molecule has 0 spiro atoms. The van der Waals surface area contributed by atoms with E-state index in [0.717, 1.165) is 25.7 Å². The van der Waals surface area contributed by atoms with E-state index in [2.05, 4.69) is 25.2 Å². The molecule has 2 aromatic rings. The highest BCUT2D eigenvalue weighted by molar-refractivity contribution is 5.94. The summed E-state index contributed by atoms with van der Waals surface area (Å²) in [7, 11) is 3.58. The van der Waals surface area contributed by atoms with Crippen LogP contribution in [0.5, 0.6) is 0 Å². The van der Waals surface area contributed by atoms with E-state index in [1.807, 2.05) is 0 Å². The second kappa shape index (κ2) is 7.19. The third-order valence-corrected chi connectivity index (χ3v) is 5.60. The van der Waals surface area contributed by atoms with E-state index in [4.69, 9.17) is 0 Å². The quantitative estimate of drug-likeness (QED) is 0.860. The van der Waals surface area contributed by atoms with Crippen LogP contribution in [0.1, 0.15) is 36.2 Å². The maximum absolute atomic E-state index is 12.6. The number of likely N-dealkylation sites (N-methyl/N-ethyl adjacent to an activating group) is 1. The molecule has 2 aliphatic heterocycles. The normalized spacial score (nSPS) is 24.7. The number of carbonyl (C=O) groups is 2. The van der Waals surface area contributed by atoms with Gasteiger partial charge in [-0.3, -0.25) is 19.5 Å². The van der Waals surface area contributed by atoms with Gasteiger partial charge >= 0.3 is 0 Å². The Bertz CT molecular complexity index is 856. The Morgan fingerprint density at radius 3 is 2.56 bits per heavy atom. The van der Waals surface area contributed by atoms with Gasteiger partial charge in [0.05, 0.1) is 6.54 Å². The highest BCUT2D eigenvalue weighted by Gasteiger charge is 2.42. The number of aromatic nitrogens is 3. The first-order valence-corrected chi connectivity index (χ1v) is 9.36. The molecule has 2 bridgehead atoms. The van der Waals surface area contributed by atoms with Crippen molar-refractivity contribution in [3.8, 4) is 0 Å². The van der Waals surface area contributed by atoms with Crippen molar-refractivity contribution in [1.29, 1.82) is 0 Å². The first-order chi connectivity index (χ1) is 13.0. The van der Waals surface area contributed by atoms with E-state index in [9.17, 15) is 9.59 Å². The zero-order valence-corrected chi connectivity index (χ0v) is 15.6. The highest BCUT2D eigenvalue weighted by Crippen LogP contribution is 2.35. The molecule has 0 saturated carbocycles. The third kappa shape index (κ3) is 3.62. The lowest BCUT2D eigenvalue weighted by Gasteiger charge is -2.39. The van der Waals surface area contributed by atoms with Gasteiger partial charge in [-0.05, 0) is 37.8 Å². The van der Waals surface area contributed by atoms with Crippen LogP contribution in [0.4, 0.5) is 0 Å². The standard InChI is InChI=1S/C19H24N6O2/c1-24(2)17(26)11-25-13-3-4-14(25)10-12(9-13)22-19(27)16-6-5-15-18(23-16)21-8-7-20-15/h5-8,12-14H,3-4,9-11H2,1-2H3,(H,22,27). The van der Waals surface area contributed by atoms with Gasteiger partial charge in [0.25, 0.3) is 5.91 Å². The third-order valence-electron chi connectivity index (χ3n) is 5.60. The van der Waals surface area contributed by atoms with E-state index in [-0.39, 0.29) is 17.9 Å². The molecule has 4 rings (SSSR count). The number of pyridine rings is 1. The minimum absolute atomic E-state index is 0.111. The molecule has 0 aromatic carbocycles. The molecule has 2 aromatic heterocycles. The van der Waals surface area contributed by atoms with Crippen LogP contribution in [0.25, 0.3) is 11.2 Å². The second-order valence-electron chi connectivity index (χ2n) is 7.58. The number of hydrogen-bond donors (Lipinski definition) is 1. The van der Waals surface area contributed by atoms with Crippen LogP contribution in [0.2, 0.25) is 0 Å². The van der Waals surface area contributed by atoms with Crippen molar-refractivity contribution in [3.05, 3.63) is 30.2 Å². The van der Waals surface area contributed by atoms with Crippen LogP contribution in [0.3, 0.4) is 0 Å². The molecule has 2 amide bonds. The van der Waals surface area contributed by atoms with Gasteiger partial charge in [-0.2, -0.15) is 0 Å². The fraction of sp³-hybridized carbons (Fsp3) is 0.526. The summed E-state index contributed by atoms with van der Waals surface area (Å²) in [5, 5.41) is 3.13. The van der Waals surface area contributed by atoms with E-state index in [1.165, 1.54) is 0 Å². The summed E-state index contributed by atoms with van der Waals surface area (Å²) >= 11 is 0. The van der Waals surface area contributed by atoms with E-state index in [1.54, 1.807) is 43.5 Å². The Kier molecular flexibility index (Phi) is 4.73. The summed E-state index contributed by atoms with van der Waals surface area (Å²) in [6.07, 6.45) is 7.09. The zero-order chi connectivity index (χ0) is 19.0. The fourth-order valence-corrected chi connectivity index (χ4v) is 4.19. The summed E-state index contributed by atoms with van der Waals surface area (Å²) in [5.74, 6) is -0.0411. The smallest absolute Gasteiger partial charge is 0.270 e. The van der Waals surface area contributed by atoms with Crippen molar-refractivity contribution in [2.24, 2.45) is 0 Å². The second-order valence-corrected chi connectivity index (χ2v) is 7.58. The summed E-state index contributed by atoms with van der Waals surface area (Å²) in [4.78, 5) is 41.3. The molecule has 2 aliphatic rings. The summed E-state index contributed by atoms with van der Waals surface area (Å²) in [6.45, 7) is 0.466. The summed E-state index contributed by atoms with van der Waals surface area (Å²) in [5.41, 5.74) is 1.51. The Morgan fingerprint density at radius 1 is 1.15 bits per heavy atom. The molecule has 2 saturated heterocycles. The van der Waals surface area contributed by atoms with Crippen molar-refractivity contribution in [2.75, 3.05) is 20.6 Å². The molecule has 2 fully saturated rings. The molecular formula is C19H24N6O2. The largest absolute Gasteiger partial charge is 0.348 e. The van der Waals surface area contributed by atoms with E-state index >= 15 is 0 Å². The number of carbonyl (C=O) groups excluding carboxylic acids is 2. The molecule has 1 N–H and O–H groups in total. The maximum Gasteiger partial charge on any atom is 0.270 e. The molecule has 27 heavy (non-hydrogen) atoms. The van der Waals surface area contributed by atoms with Gasteiger partial charge in [0.1, 0.15) is 11.2 Å². The predicted molar refractivity (Wildman–Crippen MR) is 100 cm³/mol. The number of piperidine rings is 1. The number of hydrogen-bond acceptors (Lipinski definition) is 6. The Balaban J connectivity index is 1.40. The monoisotopic (exact) mass is 368 g/mol. The van der Waals surface area contributed by atoms with Gasteiger partial charge in [0.15, 0.2) is 5.65 Å². The molecule has 8 heteroatoms. The minimum atomic E-state index is -0.176. The Labute approximate surface area is 158 Å². The number of fused-ring (bicyclic) bond motifs is 3. The topological polar surface area (TPSA) is 91.3 Å². The maximum atomic E-state index is 12.6. The van der Waals surface area contributed by atoms with Crippen molar-refractivity contribution in [1.82, 2.24) is 30.1 Å². The van der Waals surface area contributed by atoms with Gasteiger partial charge in [-0.15, -0.1) is 0 Å². The molecular weight excluding hydrogens is 344 g/mol. The lowest BCUT2D eigenvalue weighted by molar-refractivity contribution is -0.131. The van der Waals surface area contributed by atoms with Crippen molar-refractivity contribution < 1.29 is 9.59 Å². The van der Waals surface area contributed by atoms with Crippen LogP contribution in [-0.2, 0) is 4.79 Å². The van der Waals surface area contributed by atoms with Crippen LogP contribution < -0.4 is 5.32 Å². The molecule has 2 atom stereocenters. The summed E-state index contributed by atoms with van der Waals surface area (Å²) in [6, 6.07) is 4.27. The fourth-order valence-electron chi connectivity index (χ4n) is 4.19. The number of rotatable bonds is 4.